The Morgan fingerprint density at radius 2 is 1.93 bits per heavy atom. The first-order valence-electron chi connectivity index (χ1n) is 11.1. The van der Waals surface area contributed by atoms with E-state index in [-0.39, 0.29) is 0 Å². The van der Waals surface area contributed by atoms with Crippen molar-refractivity contribution in [3.8, 4) is 5.75 Å². The summed E-state index contributed by atoms with van der Waals surface area (Å²) in [4.78, 5) is 4.72. The summed E-state index contributed by atoms with van der Waals surface area (Å²) in [6.45, 7) is 5.47. The molecule has 1 fully saturated rings. The largest absolute Gasteiger partial charge is 0.491 e. The van der Waals surface area contributed by atoms with Gasteiger partial charge < -0.3 is 14.6 Å². The Kier molecular flexibility index (Phi) is 7.39. The van der Waals surface area contributed by atoms with Crippen LogP contribution in [0.5, 0.6) is 5.75 Å². The van der Waals surface area contributed by atoms with Crippen molar-refractivity contribution in [2.45, 2.75) is 44.5 Å². The highest BCUT2D eigenvalue weighted by atomic mass is 16.5. The zero-order valence-corrected chi connectivity index (χ0v) is 18.0. The van der Waals surface area contributed by atoms with Crippen molar-refractivity contribution in [3.05, 3.63) is 65.2 Å². The van der Waals surface area contributed by atoms with E-state index in [9.17, 15) is 5.11 Å². The van der Waals surface area contributed by atoms with Crippen LogP contribution in [-0.4, -0.2) is 67.0 Å². The van der Waals surface area contributed by atoms with Gasteiger partial charge in [-0.1, -0.05) is 36.4 Å². The van der Waals surface area contributed by atoms with Gasteiger partial charge in [-0.2, -0.15) is 0 Å². The minimum Gasteiger partial charge on any atom is -0.491 e. The van der Waals surface area contributed by atoms with Crippen LogP contribution in [0.1, 0.15) is 29.5 Å². The van der Waals surface area contributed by atoms with Gasteiger partial charge in [-0.15, -0.1) is 0 Å². The molecule has 5 nitrogen and oxygen atoms in total. The Bertz CT molecular complexity index is 806. The molecule has 5 heteroatoms. The van der Waals surface area contributed by atoms with Crippen molar-refractivity contribution in [2.24, 2.45) is 0 Å². The molecule has 2 aliphatic rings. The second kappa shape index (κ2) is 10.4. The lowest BCUT2D eigenvalue weighted by molar-refractivity contribution is 0.0406. The van der Waals surface area contributed by atoms with Gasteiger partial charge in [0.25, 0.3) is 0 Å². The van der Waals surface area contributed by atoms with Crippen molar-refractivity contribution in [2.75, 3.05) is 40.0 Å². The van der Waals surface area contributed by atoms with Gasteiger partial charge >= 0.3 is 0 Å². The van der Waals surface area contributed by atoms with Gasteiger partial charge in [0.2, 0.25) is 0 Å². The van der Waals surface area contributed by atoms with Crippen molar-refractivity contribution in [3.63, 3.8) is 0 Å². The van der Waals surface area contributed by atoms with Crippen LogP contribution in [0.2, 0.25) is 0 Å². The first kappa shape index (κ1) is 21.3. The number of hydrogen-bond donors (Lipinski definition) is 1. The molecule has 1 unspecified atom stereocenters. The topological polar surface area (TPSA) is 45.2 Å². The molecule has 0 amide bonds. The summed E-state index contributed by atoms with van der Waals surface area (Å²) in [6, 6.07) is 17.4. The van der Waals surface area contributed by atoms with Gasteiger partial charge in [0.15, 0.2) is 0 Å². The van der Waals surface area contributed by atoms with E-state index >= 15 is 0 Å². The third-order valence-corrected chi connectivity index (χ3v) is 6.27. The smallest absolute Gasteiger partial charge is 0.119 e. The Hall–Kier alpha value is -1.92. The lowest BCUT2D eigenvalue weighted by Gasteiger charge is -2.31. The summed E-state index contributed by atoms with van der Waals surface area (Å²) in [5.74, 6) is 0.830. The summed E-state index contributed by atoms with van der Waals surface area (Å²) < 4.78 is 11.4. The summed E-state index contributed by atoms with van der Waals surface area (Å²) in [6.07, 6.45) is 2.75. The number of rotatable bonds is 8. The second-order valence-corrected chi connectivity index (χ2v) is 8.62. The van der Waals surface area contributed by atoms with Crippen LogP contribution in [0.25, 0.3) is 0 Å². The van der Waals surface area contributed by atoms with Crippen molar-refractivity contribution in [1.29, 1.82) is 0 Å². The molecule has 2 heterocycles. The summed E-state index contributed by atoms with van der Waals surface area (Å²) in [5.41, 5.74) is 4.05. The van der Waals surface area contributed by atoms with Crippen LogP contribution in [-0.2, 0) is 24.2 Å². The summed E-state index contributed by atoms with van der Waals surface area (Å²) in [5, 5.41) is 10.5. The monoisotopic (exact) mass is 410 g/mol. The van der Waals surface area contributed by atoms with Gasteiger partial charge in [0, 0.05) is 45.4 Å². The third kappa shape index (κ3) is 5.82. The quantitative estimate of drug-likeness (QED) is 0.725. The molecule has 4 rings (SSSR count). The highest BCUT2D eigenvalue weighted by molar-refractivity contribution is 5.29. The Morgan fingerprint density at radius 3 is 2.77 bits per heavy atom. The fraction of sp³-hybridized carbons (Fsp3) is 0.520. The minimum atomic E-state index is -0.496. The van der Waals surface area contributed by atoms with Crippen molar-refractivity contribution >= 4 is 0 Å². The predicted molar refractivity (Wildman–Crippen MR) is 119 cm³/mol. The molecule has 1 saturated heterocycles. The average Bonchev–Trinajstić information content (AvgIpc) is 2.78. The SMILES string of the molecule is CN(Cc1cccc(OCC(O)CN2CCc3ccccc3C2)c1)C1CCOCC1. The molecular weight excluding hydrogens is 376 g/mol. The number of fused-ring (bicyclic) bond motifs is 1. The predicted octanol–water partition coefficient (Wildman–Crippen LogP) is 3.10. The number of β-amino-alcohol motifs (C(OH)–C–C–N with tert-alkyl or cyclic N) is 1. The molecule has 1 atom stereocenters. The standard InChI is InChI=1S/C25H34N2O3/c1-26(23-10-13-29-14-11-23)16-20-5-4-8-25(15-20)30-19-24(28)18-27-12-9-21-6-2-3-7-22(21)17-27/h2-8,15,23-24,28H,9-14,16-19H2,1H3. The van der Waals surface area contributed by atoms with E-state index in [0.29, 0.717) is 19.2 Å². The third-order valence-electron chi connectivity index (χ3n) is 6.27. The minimum absolute atomic E-state index is 0.317. The molecular formula is C25H34N2O3. The normalized spacial score (nSPS) is 18.9. The van der Waals surface area contributed by atoms with E-state index in [1.165, 1.54) is 16.7 Å². The van der Waals surface area contributed by atoms with Crippen molar-refractivity contribution < 1.29 is 14.6 Å². The van der Waals surface area contributed by atoms with Crippen LogP contribution in [0.3, 0.4) is 0 Å². The van der Waals surface area contributed by atoms with Gasteiger partial charge in [-0.25, -0.2) is 0 Å². The van der Waals surface area contributed by atoms with E-state index in [4.69, 9.17) is 9.47 Å². The van der Waals surface area contributed by atoms with Crippen LogP contribution in [0.4, 0.5) is 0 Å². The molecule has 30 heavy (non-hydrogen) atoms. The molecule has 2 aromatic carbocycles. The zero-order chi connectivity index (χ0) is 20.8. The van der Waals surface area contributed by atoms with E-state index < -0.39 is 6.10 Å². The molecule has 2 aliphatic heterocycles. The van der Waals surface area contributed by atoms with Gasteiger partial charge in [-0.05, 0) is 55.1 Å². The first-order chi connectivity index (χ1) is 14.7. The summed E-state index contributed by atoms with van der Waals surface area (Å²) >= 11 is 0. The maximum Gasteiger partial charge on any atom is 0.119 e. The van der Waals surface area contributed by atoms with E-state index in [1.54, 1.807) is 0 Å². The van der Waals surface area contributed by atoms with Crippen molar-refractivity contribution in [1.82, 2.24) is 9.80 Å². The van der Waals surface area contributed by atoms with Crippen LogP contribution in [0.15, 0.2) is 48.5 Å². The second-order valence-electron chi connectivity index (χ2n) is 8.62. The summed E-state index contributed by atoms with van der Waals surface area (Å²) in [7, 11) is 2.18. The number of aliphatic hydroxyl groups is 1. The highest BCUT2D eigenvalue weighted by Crippen LogP contribution is 2.20. The molecule has 0 aliphatic carbocycles. The van der Waals surface area contributed by atoms with E-state index in [0.717, 1.165) is 57.9 Å². The molecule has 2 aromatic rings. The highest BCUT2D eigenvalue weighted by Gasteiger charge is 2.20. The molecule has 0 spiro atoms. The Labute approximate surface area is 180 Å². The maximum atomic E-state index is 10.5. The molecule has 0 radical (unpaired) electrons. The number of benzene rings is 2. The average molecular weight is 411 g/mol. The Morgan fingerprint density at radius 1 is 1.13 bits per heavy atom. The number of ether oxygens (including phenoxy) is 2. The molecule has 1 N–H and O–H groups in total. The van der Waals surface area contributed by atoms with Gasteiger partial charge in [0.1, 0.15) is 18.5 Å². The fourth-order valence-electron chi connectivity index (χ4n) is 4.53. The first-order valence-corrected chi connectivity index (χ1v) is 11.1. The fourth-order valence-corrected chi connectivity index (χ4v) is 4.53. The van der Waals surface area contributed by atoms with Crippen LogP contribution < -0.4 is 4.74 Å². The maximum absolute atomic E-state index is 10.5. The van der Waals surface area contributed by atoms with Gasteiger partial charge in [0.05, 0.1) is 0 Å². The number of aliphatic hydroxyl groups excluding tert-OH is 1. The van der Waals surface area contributed by atoms with Gasteiger partial charge in [-0.3, -0.25) is 9.80 Å². The number of hydrogen-bond acceptors (Lipinski definition) is 5. The molecule has 0 aromatic heterocycles. The van der Waals surface area contributed by atoms with E-state index in [2.05, 4.69) is 53.2 Å². The Balaban J connectivity index is 1.24. The lowest BCUT2D eigenvalue weighted by atomic mass is 10.00. The van der Waals surface area contributed by atoms with Crippen LogP contribution >= 0.6 is 0 Å². The van der Waals surface area contributed by atoms with Crippen LogP contribution in [0, 0.1) is 0 Å². The lowest BCUT2D eigenvalue weighted by Crippen LogP contribution is -2.38. The van der Waals surface area contributed by atoms with E-state index in [1.807, 2.05) is 12.1 Å². The number of nitrogens with zero attached hydrogens (tertiary/aromatic N) is 2. The molecule has 0 bridgehead atoms. The molecule has 0 saturated carbocycles. The molecule has 162 valence electrons. The zero-order valence-electron chi connectivity index (χ0n) is 18.0.